The third-order valence-corrected chi connectivity index (χ3v) is 8.09. The van der Waals surface area contributed by atoms with Gasteiger partial charge in [0.1, 0.15) is 0 Å². The Morgan fingerprint density at radius 1 is 0.882 bits per heavy atom. The van der Waals surface area contributed by atoms with E-state index in [9.17, 15) is 9.59 Å². The van der Waals surface area contributed by atoms with Gasteiger partial charge in [0.2, 0.25) is 5.91 Å². The minimum absolute atomic E-state index is 0.0648. The van der Waals surface area contributed by atoms with Crippen LogP contribution in [0, 0.1) is 0 Å². The molecule has 3 heterocycles. The van der Waals surface area contributed by atoms with Crippen molar-refractivity contribution in [3.8, 4) is 0 Å². The summed E-state index contributed by atoms with van der Waals surface area (Å²) in [6, 6.07) is 19.9. The van der Waals surface area contributed by atoms with E-state index in [1.807, 2.05) is 39.3 Å². The van der Waals surface area contributed by atoms with Gasteiger partial charge in [-0.25, -0.2) is 0 Å². The molecule has 2 aliphatic rings. The summed E-state index contributed by atoms with van der Waals surface area (Å²) >= 11 is 8.05. The predicted octanol–water partition coefficient (Wildman–Crippen LogP) is 4.72. The van der Waals surface area contributed by atoms with Gasteiger partial charge in [-0.3, -0.25) is 14.5 Å². The standard InChI is InChI=1S/C27H28ClN3O2S/c28-23-10-5-4-9-21(23)27(33)30-14-6-13-29(16-17-30)25(32)19-31-15-11-24-22(12-18-34-24)26(31)20-7-2-1-3-8-20/h1-5,7-10,12,18,26H,6,11,13-17,19H2. The van der Waals surface area contributed by atoms with Gasteiger partial charge in [-0.15, -0.1) is 11.3 Å². The Morgan fingerprint density at radius 2 is 1.62 bits per heavy atom. The van der Waals surface area contributed by atoms with E-state index in [0.29, 0.717) is 43.3 Å². The molecule has 5 nitrogen and oxygen atoms in total. The number of hydrogen-bond acceptors (Lipinski definition) is 4. The van der Waals surface area contributed by atoms with E-state index < -0.39 is 0 Å². The molecule has 2 aliphatic heterocycles. The molecule has 1 unspecified atom stereocenters. The summed E-state index contributed by atoms with van der Waals surface area (Å²) in [4.78, 5) is 33.9. The van der Waals surface area contributed by atoms with Crippen molar-refractivity contribution in [3.63, 3.8) is 0 Å². The van der Waals surface area contributed by atoms with Crippen LogP contribution in [0.2, 0.25) is 5.02 Å². The van der Waals surface area contributed by atoms with Gasteiger partial charge in [0.15, 0.2) is 0 Å². The van der Waals surface area contributed by atoms with E-state index in [1.165, 1.54) is 16.0 Å². The Labute approximate surface area is 209 Å². The summed E-state index contributed by atoms with van der Waals surface area (Å²) < 4.78 is 0. The van der Waals surface area contributed by atoms with Gasteiger partial charge in [-0.1, -0.05) is 54.1 Å². The first-order chi connectivity index (χ1) is 16.6. The molecule has 1 aromatic heterocycles. The van der Waals surface area contributed by atoms with E-state index in [2.05, 4.69) is 40.6 Å². The number of thiophene rings is 1. The molecule has 1 atom stereocenters. The lowest BCUT2D eigenvalue weighted by Gasteiger charge is -2.37. The third kappa shape index (κ3) is 4.76. The summed E-state index contributed by atoms with van der Waals surface area (Å²) in [7, 11) is 0. The van der Waals surface area contributed by atoms with Crippen molar-refractivity contribution in [2.45, 2.75) is 18.9 Å². The van der Waals surface area contributed by atoms with Crippen LogP contribution in [-0.4, -0.2) is 65.8 Å². The van der Waals surface area contributed by atoms with Gasteiger partial charge in [-0.2, -0.15) is 0 Å². The van der Waals surface area contributed by atoms with Crippen molar-refractivity contribution in [2.75, 3.05) is 39.3 Å². The summed E-state index contributed by atoms with van der Waals surface area (Å²) in [5.74, 6) is 0.0664. The molecule has 0 bridgehead atoms. The molecule has 0 N–H and O–H groups in total. The molecule has 0 radical (unpaired) electrons. The van der Waals surface area contributed by atoms with Crippen molar-refractivity contribution in [1.29, 1.82) is 0 Å². The van der Waals surface area contributed by atoms with Gasteiger partial charge in [0.25, 0.3) is 5.91 Å². The van der Waals surface area contributed by atoms with Crippen LogP contribution >= 0.6 is 22.9 Å². The fourth-order valence-corrected chi connectivity index (χ4v) is 6.13. The van der Waals surface area contributed by atoms with Crippen LogP contribution in [0.5, 0.6) is 0 Å². The molecule has 0 aliphatic carbocycles. The first-order valence-corrected chi connectivity index (χ1v) is 13.0. The summed E-state index contributed by atoms with van der Waals surface area (Å²) in [6.45, 7) is 3.60. The number of amides is 2. The Balaban J connectivity index is 1.27. The zero-order valence-corrected chi connectivity index (χ0v) is 20.6. The highest BCUT2D eigenvalue weighted by atomic mass is 35.5. The molecule has 7 heteroatoms. The average Bonchev–Trinajstić information content (AvgIpc) is 3.19. The molecule has 0 spiro atoms. The molecule has 2 amide bonds. The molecule has 1 saturated heterocycles. The largest absolute Gasteiger partial charge is 0.340 e. The number of carbonyl (C=O) groups is 2. The van der Waals surface area contributed by atoms with Crippen molar-refractivity contribution < 1.29 is 9.59 Å². The van der Waals surface area contributed by atoms with Crippen molar-refractivity contribution >= 4 is 34.8 Å². The zero-order chi connectivity index (χ0) is 23.5. The Bertz CT molecular complexity index is 1170. The first-order valence-electron chi connectivity index (χ1n) is 11.8. The number of hydrogen-bond donors (Lipinski definition) is 0. The molecule has 34 heavy (non-hydrogen) atoms. The van der Waals surface area contributed by atoms with Gasteiger partial charge < -0.3 is 9.80 Å². The van der Waals surface area contributed by atoms with Gasteiger partial charge >= 0.3 is 0 Å². The van der Waals surface area contributed by atoms with Crippen LogP contribution < -0.4 is 0 Å². The maximum Gasteiger partial charge on any atom is 0.255 e. The van der Waals surface area contributed by atoms with E-state index in [-0.39, 0.29) is 17.9 Å². The monoisotopic (exact) mass is 493 g/mol. The van der Waals surface area contributed by atoms with Crippen molar-refractivity contribution in [1.82, 2.24) is 14.7 Å². The number of carbonyl (C=O) groups excluding carboxylic acids is 2. The highest BCUT2D eigenvalue weighted by Crippen LogP contribution is 2.37. The van der Waals surface area contributed by atoms with E-state index in [4.69, 9.17) is 11.6 Å². The lowest BCUT2D eigenvalue weighted by Crippen LogP contribution is -2.45. The maximum absolute atomic E-state index is 13.4. The normalized spacial score (nSPS) is 18.9. The van der Waals surface area contributed by atoms with Crippen LogP contribution in [-0.2, 0) is 11.2 Å². The van der Waals surface area contributed by atoms with Crippen LogP contribution in [0.25, 0.3) is 0 Å². The average molecular weight is 494 g/mol. The summed E-state index contributed by atoms with van der Waals surface area (Å²) in [5.41, 5.74) is 3.07. The number of nitrogens with zero attached hydrogens (tertiary/aromatic N) is 3. The lowest BCUT2D eigenvalue weighted by molar-refractivity contribution is -0.132. The lowest BCUT2D eigenvalue weighted by atomic mass is 9.93. The zero-order valence-electron chi connectivity index (χ0n) is 19.0. The molecule has 1 fully saturated rings. The van der Waals surface area contributed by atoms with Gasteiger partial charge in [-0.05, 0) is 47.5 Å². The van der Waals surface area contributed by atoms with Gasteiger partial charge in [0, 0.05) is 37.6 Å². The van der Waals surface area contributed by atoms with Crippen molar-refractivity contribution in [3.05, 3.63) is 92.6 Å². The predicted molar refractivity (Wildman–Crippen MR) is 136 cm³/mol. The highest BCUT2D eigenvalue weighted by molar-refractivity contribution is 7.10. The Kier molecular flexibility index (Phi) is 6.99. The molecule has 2 aromatic carbocycles. The topological polar surface area (TPSA) is 43.9 Å². The van der Waals surface area contributed by atoms with Crippen LogP contribution in [0.4, 0.5) is 0 Å². The summed E-state index contributed by atoms with van der Waals surface area (Å²) in [6.07, 6.45) is 1.74. The minimum atomic E-state index is -0.0648. The second kappa shape index (κ2) is 10.3. The molecule has 3 aromatic rings. The van der Waals surface area contributed by atoms with Crippen LogP contribution in [0.1, 0.15) is 38.8 Å². The SMILES string of the molecule is O=C(CN1CCc2sccc2C1c1ccccc1)N1CCCN(C(=O)c2ccccc2Cl)CC1. The fraction of sp³-hybridized carbons (Fsp3) is 0.333. The number of halogens is 1. The van der Waals surface area contributed by atoms with E-state index in [1.54, 1.807) is 12.1 Å². The molecular formula is C27H28ClN3O2S. The third-order valence-electron chi connectivity index (χ3n) is 6.76. The quantitative estimate of drug-likeness (QED) is 0.528. The molecule has 176 valence electrons. The van der Waals surface area contributed by atoms with Gasteiger partial charge in [0.05, 0.1) is 23.2 Å². The first kappa shape index (κ1) is 23.1. The van der Waals surface area contributed by atoms with E-state index in [0.717, 1.165) is 19.4 Å². The highest BCUT2D eigenvalue weighted by Gasteiger charge is 2.32. The summed E-state index contributed by atoms with van der Waals surface area (Å²) in [5, 5.41) is 2.63. The number of rotatable bonds is 4. The fourth-order valence-electron chi connectivity index (χ4n) is 5.01. The number of benzene rings is 2. The Morgan fingerprint density at radius 3 is 2.44 bits per heavy atom. The number of fused-ring (bicyclic) bond motifs is 1. The van der Waals surface area contributed by atoms with Crippen LogP contribution in [0.3, 0.4) is 0 Å². The van der Waals surface area contributed by atoms with Crippen molar-refractivity contribution in [2.24, 2.45) is 0 Å². The smallest absolute Gasteiger partial charge is 0.255 e. The molecular weight excluding hydrogens is 466 g/mol. The second-order valence-electron chi connectivity index (χ2n) is 8.84. The Hall–Kier alpha value is -2.67. The van der Waals surface area contributed by atoms with E-state index >= 15 is 0 Å². The molecule has 0 saturated carbocycles. The maximum atomic E-state index is 13.4. The minimum Gasteiger partial charge on any atom is -0.340 e. The second-order valence-corrected chi connectivity index (χ2v) is 10.2. The molecule has 5 rings (SSSR count). The van der Waals surface area contributed by atoms with Crippen LogP contribution in [0.15, 0.2) is 66.0 Å².